The lowest BCUT2D eigenvalue weighted by atomic mass is 10.2. The molecule has 1 aliphatic rings. The Kier molecular flexibility index (Phi) is 5.40. The molecule has 0 saturated carbocycles. The molecule has 3 rings (SSSR count). The van der Waals surface area contributed by atoms with Crippen LogP contribution in [0.5, 0.6) is 11.5 Å². The van der Waals surface area contributed by atoms with Crippen molar-refractivity contribution in [3.8, 4) is 11.5 Å². The average molecular weight is 357 g/mol. The van der Waals surface area contributed by atoms with E-state index >= 15 is 0 Å². The summed E-state index contributed by atoms with van der Waals surface area (Å²) in [6, 6.07) is 7.42. The molecular weight excluding hydrogens is 334 g/mol. The summed E-state index contributed by atoms with van der Waals surface area (Å²) in [6.07, 6.45) is 0.885. The Labute approximate surface area is 152 Å². The number of hydrogen-bond donors (Lipinski definition) is 1. The van der Waals surface area contributed by atoms with Crippen molar-refractivity contribution in [1.82, 2.24) is 14.9 Å². The normalized spacial score (nSPS) is 14.1. The Balaban J connectivity index is 1.83. The van der Waals surface area contributed by atoms with Crippen molar-refractivity contribution in [2.24, 2.45) is 0 Å². The molecule has 1 aromatic heterocycles. The van der Waals surface area contributed by atoms with E-state index in [2.05, 4.69) is 20.2 Å². The maximum Gasteiger partial charge on any atom is 0.227 e. The van der Waals surface area contributed by atoms with Crippen LogP contribution in [-0.4, -0.2) is 61.7 Å². The van der Waals surface area contributed by atoms with E-state index in [1.807, 2.05) is 31.2 Å². The molecule has 1 N–H and O–H groups in total. The second kappa shape index (κ2) is 7.90. The molecule has 0 bridgehead atoms. The molecule has 1 fully saturated rings. The monoisotopic (exact) mass is 357 g/mol. The number of piperazine rings is 1. The maximum absolute atomic E-state index is 10.9. The molecule has 138 valence electrons. The van der Waals surface area contributed by atoms with Crippen LogP contribution in [0.25, 0.3) is 0 Å². The number of nitrogens with zero attached hydrogens (tertiary/aromatic N) is 4. The maximum atomic E-state index is 10.9. The number of rotatable bonds is 6. The molecule has 1 amide bonds. The fraction of sp³-hybridized carbons (Fsp3) is 0.389. The molecule has 0 spiro atoms. The molecule has 0 atom stereocenters. The number of methoxy groups -OCH3 is 2. The molecule has 0 radical (unpaired) electrons. The largest absolute Gasteiger partial charge is 0.497 e. The van der Waals surface area contributed by atoms with Crippen molar-refractivity contribution < 1.29 is 14.3 Å². The van der Waals surface area contributed by atoms with Crippen LogP contribution in [-0.2, 0) is 4.79 Å². The van der Waals surface area contributed by atoms with Crippen LogP contribution in [0, 0.1) is 6.92 Å². The zero-order valence-electron chi connectivity index (χ0n) is 15.2. The fourth-order valence-electron chi connectivity index (χ4n) is 2.84. The first kappa shape index (κ1) is 17.8. The van der Waals surface area contributed by atoms with E-state index in [1.165, 1.54) is 0 Å². The highest BCUT2D eigenvalue weighted by atomic mass is 16.5. The first-order valence-electron chi connectivity index (χ1n) is 8.42. The van der Waals surface area contributed by atoms with E-state index in [0.717, 1.165) is 23.5 Å². The lowest BCUT2D eigenvalue weighted by Gasteiger charge is -2.32. The quantitative estimate of drug-likeness (QED) is 0.790. The minimum Gasteiger partial charge on any atom is -0.497 e. The molecule has 8 heteroatoms. The van der Waals surface area contributed by atoms with Gasteiger partial charge in [0.2, 0.25) is 12.4 Å². The fourth-order valence-corrected chi connectivity index (χ4v) is 2.84. The van der Waals surface area contributed by atoms with Crippen LogP contribution in [0.2, 0.25) is 0 Å². The topological polar surface area (TPSA) is 79.8 Å². The van der Waals surface area contributed by atoms with Crippen molar-refractivity contribution in [1.29, 1.82) is 0 Å². The predicted octanol–water partition coefficient (Wildman–Crippen LogP) is 1.82. The number of ether oxygens (including phenoxy) is 2. The molecular formula is C18H23N5O3. The third-order valence-corrected chi connectivity index (χ3v) is 4.26. The second-order valence-electron chi connectivity index (χ2n) is 6.01. The van der Waals surface area contributed by atoms with Gasteiger partial charge >= 0.3 is 0 Å². The molecule has 2 aromatic rings. The molecule has 0 unspecified atom stereocenters. The van der Waals surface area contributed by atoms with Gasteiger partial charge in [-0.15, -0.1) is 0 Å². The minimum absolute atomic E-state index is 0.653. The lowest BCUT2D eigenvalue weighted by Crippen LogP contribution is -2.46. The van der Waals surface area contributed by atoms with Crippen LogP contribution in [0.15, 0.2) is 24.3 Å². The number of benzene rings is 1. The van der Waals surface area contributed by atoms with Gasteiger partial charge in [-0.2, -0.15) is 4.98 Å². The zero-order chi connectivity index (χ0) is 18.5. The van der Waals surface area contributed by atoms with E-state index in [1.54, 1.807) is 19.1 Å². The Bertz CT molecular complexity index is 775. The molecule has 8 nitrogen and oxygen atoms in total. The smallest absolute Gasteiger partial charge is 0.227 e. The van der Waals surface area contributed by atoms with Crippen LogP contribution in [0.1, 0.15) is 5.69 Å². The lowest BCUT2D eigenvalue weighted by molar-refractivity contribution is -0.118. The van der Waals surface area contributed by atoms with Gasteiger partial charge in [0.15, 0.2) is 0 Å². The summed E-state index contributed by atoms with van der Waals surface area (Å²) in [5.41, 5.74) is 1.62. The summed E-state index contributed by atoms with van der Waals surface area (Å²) >= 11 is 0. The van der Waals surface area contributed by atoms with Gasteiger partial charge in [-0.05, 0) is 19.1 Å². The Morgan fingerprint density at radius 2 is 1.85 bits per heavy atom. The van der Waals surface area contributed by atoms with E-state index in [4.69, 9.17) is 9.47 Å². The second-order valence-corrected chi connectivity index (χ2v) is 6.01. The van der Waals surface area contributed by atoms with E-state index < -0.39 is 0 Å². The summed E-state index contributed by atoms with van der Waals surface area (Å²) in [4.78, 5) is 23.9. The first-order valence-corrected chi connectivity index (χ1v) is 8.42. The molecule has 1 aliphatic heterocycles. The molecule has 0 aliphatic carbocycles. The van der Waals surface area contributed by atoms with Crippen molar-refractivity contribution in [3.05, 3.63) is 30.0 Å². The summed E-state index contributed by atoms with van der Waals surface area (Å²) in [5.74, 6) is 2.75. The van der Waals surface area contributed by atoms with Crippen molar-refractivity contribution in [2.45, 2.75) is 6.92 Å². The van der Waals surface area contributed by atoms with Gasteiger partial charge in [-0.3, -0.25) is 4.79 Å². The number of aryl methyl sites for hydroxylation is 1. The van der Waals surface area contributed by atoms with E-state index in [0.29, 0.717) is 43.7 Å². The highest BCUT2D eigenvalue weighted by molar-refractivity contribution is 5.67. The number of aromatic nitrogens is 2. The highest BCUT2D eigenvalue weighted by Crippen LogP contribution is 2.31. The summed E-state index contributed by atoms with van der Waals surface area (Å²) in [7, 11) is 3.24. The summed E-state index contributed by atoms with van der Waals surface area (Å²) in [6.45, 7) is 4.70. The highest BCUT2D eigenvalue weighted by Gasteiger charge is 2.19. The third kappa shape index (κ3) is 3.96. The van der Waals surface area contributed by atoms with Gasteiger partial charge in [0.05, 0.1) is 19.9 Å². The standard InChI is InChI=1S/C18H23N5O3/c1-13-10-17(20-15-11-14(25-2)4-5-16(15)26-3)21-18(19-13)23-8-6-22(12-24)7-9-23/h4-5,10-12H,6-9H2,1-3H3,(H,19,20,21). The number of amides is 1. The summed E-state index contributed by atoms with van der Waals surface area (Å²) < 4.78 is 10.7. The molecule has 1 aromatic carbocycles. The Hall–Kier alpha value is -3.03. The van der Waals surface area contributed by atoms with Gasteiger partial charge in [-0.25, -0.2) is 4.98 Å². The average Bonchev–Trinajstić information content (AvgIpc) is 2.67. The van der Waals surface area contributed by atoms with Gasteiger partial charge < -0.3 is 24.6 Å². The van der Waals surface area contributed by atoms with Gasteiger partial charge in [0, 0.05) is 44.0 Å². The zero-order valence-corrected chi connectivity index (χ0v) is 15.2. The van der Waals surface area contributed by atoms with Crippen molar-refractivity contribution in [2.75, 3.05) is 50.6 Å². The Morgan fingerprint density at radius 3 is 2.50 bits per heavy atom. The van der Waals surface area contributed by atoms with E-state index in [-0.39, 0.29) is 0 Å². The van der Waals surface area contributed by atoms with Crippen LogP contribution < -0.4 is 19.7 Å². The van der Waals surface area contributed by atoms with Crippen molar-refractivity contribution in [3.63, 3.8) is 0 Å². The molecule has 26 heavy (non-hydrogen) atoms. The number of hydrogen-bond acceptors (Lipinski definition) is 7. The van der Waals surface area contributed by atoms with E-state index in [9.17, 15) is 4.79 Å². The SMILES string of the molecule is COc1ccc(OC)c(Nc2cc(C)nc(N3CCN(C=O)CC3)n2)c1. The van der Waals surface area contributed by atoms with Gasteiger partial charge in [-0.1, -0.05) is 0 Å². The van der Waals surface area contributed by atoms with Crippen LogP contribution >= 0.6 is 0 Å². The van der Waals surface area contributed by atoms with Gasteiger partial charge in [0.25, 0.3) is 0 Å². The van der Waals surface area contributed by atoms with Crippen LogP contribution in [0.4, 0.5) is 17.5 Å². The predicted molar refractivity (Wildman–Crippen MR) is 99.4 cm³/mol. The van der Waals surface area contributed by atoms with Crippen molar-refractivity contribution >= 4 is 23.9 Å². The molecule has 1 saturated heterocycles. The third-order valence-electron chi connectivity index (χ3n) is 4.26. The summed E-state index contributed by atoms with van der Waals surface area (Å²) in [5, 5.41) is 3.29. The molecule has 2 heterocycles. The minimum atomic E-state index is 0.653. The number of carbonyl (C=O) groups excluding carboxylic acids is 1. The first-order chi connectivity index (χ1) is 12.6. The number of carbonyl (C=O) groups is 1. The number of nitrogens with one attached hydrogen (secondary N) is 1. The number of anilines is 3. The van der Waals surface area contributed by atoms with Gasteiger partial charge in [0.1, 0.15) is 17.3 Å². The van der Waals surface area contributed by atoms with Crippen LogP contribution in [0.3, 0.4) is 0 Å². The Morgan fingerprint density at radius 1 is 1.08 bits per heavy atom.